The first-order valence-corrected chi connectivity index (χ1v) is 9.56. The number of hydrogen-bond donors (Lipinski definition) is 2. The molecule has 0 aliphatic carbocycles. The second-order valence-corrected chi connectivity index (χ2v) is 7.25. The van der Waals surface area contributed by atoms with Crippen molar-refractivity contribution in [3.8, 4) is 11.5 Å². The number of hydrogen-bond acceptors (Lipinski definition) is 6. The minimum absolute atomic E-state index is 0.0784. The van der Waals surface area contributed by atoms with Crippen molar-refractivity contribution in [3.05, 3.63) is 66.2 Å². The molecular weight excluding hydrogens is 391 g/mol. The molecule has 2 aromatic rings. The van der Waals surface area contributed by atoms with E-state index in [1.807, 2.05) is 18.2 Å². The number of nitrogens with zero attached hydrogens (tertiary/aromatic N) is 2. The maximum atomic E-state index is 13.7. The van der Waals surface area contributed by atoms with Crippen LogP contribution in [-0.2, 0) is 9.59 Å². The van der Waals surface area contributed by atoms with Gasteiger partial charge in [0.2, 0.25) is 12.7 Å². The van der Waals surface area contributed by atoms with Crippen molar-refractivity contribution < 1.29 is 23.5 Å². The van der Waals surface area contributed by atoms with Crippen LogP contribution in [0, 0.1) is 5.82 Å². The van der Waals surface area contributed by atoms with Crippen molar-refractivity contribution in [1.29, 1.82) is 0 Å². The smallest absolute Gasteiger partial charge is 0.251 e. The number of benzene rings is 2. The molecule has 2 unspecified atom stereocenters. The summed E-state index contributed by atoms with van der Waals surface area (Å²) in [5, 5.41) is 4.25. The van der Waals surface area contributed by atoms with Crippen molar-refractivity contribution >= 4 is 17.5 Å². The Bertz CT molecular complexity index is 1040. The number of para-hydroxylation sites is 1. The summed E-state index contributed by atoms with van der Waals surface area (Å²) in [5.41, 5.74) is 4.38. The lowest BCUT2D eigenvalue weighted by Crippen LogP contribution is -2.49. The van der Waals surface area contributed by atoms with Crippen LogP contribution in [0.3, 0.4) is 0 Å². The highest BCUT2D eigenvalue weighted by atomic mass is 19.1. The van der Waals surface area contributed by atoms with Gasteiger partial charge < -0.3 is 24.7 Å². The van der Waals surface area contributed by atoms with Gasteiger partial charge in [-0.25, -0.2) is 9.82 Å². The number of anilines is 1. The number of hydrazine groups is 1. The standard InChI is InChI=1S/C21H19FN4O4/c22-14-3-1-2-4-15(14)23-20(27)11-25-7-8-26-17(21(25)28)10-16(24-26)13-5-6-18-19(9-13)30-12-29-18/h1-9,16-17,24H,10-12H2,(H,23,27). The van der Waals surface area contributed by atoms with Gasteiger partial charge in [0.05, 0.1) is 11.7 Å². The van der Waals surface area contributed by atoms with Crippen LogP contribution in [-0.4, -0.2) is 41.1 Å². The zero-order valence-electron chi connectivity index (χ0n) is 15.9. The molecule has 9 heteroatoms. The Hall–Kier alpha value is -3.59. The lowest BCUT2D eigenvalue weighted by Gasteiger charge is -2.31. The predicted molar refractivity (Wildman–Crippen MR) is 105 cm³/mol. The van der Waals surface area contributed by atoms with E-state index in [1.165, 1.54) is 17.0 Å². The fraction of sp³-hybridized carbons (Fsp3) is 0.238. The van der Waals surface area contributed by atoms with E-state index >= 15 is 0 Å². The van der Waals surface area contributed by atoms with E-state index in [0.717, 1.165) is 5.56 Å². The molecule has 3 heterocycles. The summed E-state index contributed by atoms with van der Waals surface area (Å²) in [7, 11) is 0. The van der Waals surface area contributed by atoms with Crippen LogP contribution in [0.2, 0.25) is 0 Å². The third kappa shape index (κ3) is 3.33. The molecule has 0 bridgehead atoms. The molecule has 2 atom stereocenters. The van der Waals surface area contributed by atoms with E-state index in [-0.39, 0.29) is 31.0 Å². The molecule has 2 N–H and O–H groups in total. The lowest BCUT2D eigenvalue weighted by molar-refractivity contribution is -0.137. The number of amides is 2. The molecule has 30 heavy (non-hydrogen) atoms. The van der Waals surface area contributed by atoms with Crippen molar-refractivity contribution in [2.45, 2.75) is 18.5 Å². The molecule has 0 saturated carbocycles. The highest BCUT2D eigenvalue weighted by molar-refractivity contribution is 5.96. The van der Waals surface area contributed by atoms with Gasteiger partial charge in [0.15, 0.2) is 11.5 Å². The number of fused-ring (bicyclic) bond motifs is 2. The van der Waals surface area contributed by atoms with E-state index in [1.54, 1.807) is 29.5 Å². The Morgan fingerprint density at radius 1 is 1.17 bits per heavy atom. The largest absolute Gasteiger partial charge is 0.454 e. The van der Waals surface area contributed by atoms with Gasteiger partial charge in [-0.1, -0.05) is 18.2 Å². The Morgan fingerprint density at radius 3 is 2.87 bits per heavy atom. The highest BCUT2D eigenvalue weighted by Crippen LogP contribution is 2.37. The summed E-state index contributed by atoms with van der Waals surface area (Å²) in [6, 6.07) is 11.1. The molecule has 2 amide bonds. The predicted octanol–water partition coefficient (Wildman–Crippen LogP) is 2.13. The number of nitrogens with one attached hydrogen (secondary N) is 2. The first kappa shape index (κ1) is 18.4. The fourth-order valence-electron chi connectivity index (χ4n) is 3.82. The number of halogens is 1. The van der Waals surface area contributed by atoms with Gasteiger partial charge in [0.1, 0.15) is 18.4 Å². The van der Waals surface area contributed by atoms with Crippen LogP contribution >= 0.6 is 0 Å². The summed E-state index contributed by atoms with van der Waals surface area (Å²) in [5.74, 6) is 0.204. The molecule has 2 aromatic carbocycles. The average molecular weight is 410 g/mol. The molecule has 154 valence electrons. The first-order valence-electron chi connectivity index (χ1n) is 9.56. The molecular formula is C21H19FN4O4. The molecule has 0 aromatic heterocycles. The molecule has 5 rings (SSSR count). The van der Waals surface area contributed by atoms with Crippen molar-refractivity contribution in [2.75, 3.05) is 18.7 Å². The SMILES string of the molecule is O=C(CN1C=CN2NC(c3ccc4c(c3)OCO4)CC2C1=O)Nc1ccccc1F. The van der Waals surface area contributed by atoms with E-state index < -0.39 is 17.8 Å². The Morgan fingerprint density at radius 2 is 2.00 bits per heavy atom. The average Bonchev–Trinajstić information content (AvgIpc) is 3.38. The van der Waals surface area contributed by atoms with Crippen LogP contribution in [0.15, 0.2) is 54.9 Å². The Kier molecular flexibility index (Phi) is 4.51. The van der Waals surface area contributed by atoms with Gasteiger partial charge in [-0.05, 0) is 36.2 Å². The van der Waals surface area contributed by atoms with Crippen LogP contribution in [0.4, 0.5) is 10.1 Å². The van der Waals surface area contributed by atoms with Gasteiger partial charge in [-0.15, -0.1) is 0 Å². The summed E-state index contributed by atoms with van der Waals surface area (Å²) >= 11 is 0. The lowest BCUT2D eigenvalue weighted by atomic mass is 10.0. The van der Waals surface area contributed by atoms with E-state index in [0.29, 0.717) is 17.9 Å². The topological polar surface area (TPSA) is 83.1 Å². The molecule has 8 nitrogen and oxygen atoms in total. The normalized spacial score (nSPS) is 21.7. The van der Waals surface area contributed by atoms with Crippen molar-refractivity contribution in [1.82, 2.24) is 15.3 Å². The van der Waals surface area contributed by atoms with Gasteiger partial charge in [-0.2, -0.15) is 0 Å². The molecule has 1 saturated heterocycles. The minimum Gasteiger partial charge on any atom is -0.454 e. The third-order valence-electron chi connectivity index (χ3n) is 5.34. The van der Waals surface area contributed by atoms with Gasteiger partial charge in [0, 0.05) is 12.4 Å². The van der Waals surface area contributed by atoms with Gasteiger partial charge >= 0.3 is 0 Å². The second kappa shape index (κ2) is 7.34. The maximum absolute atomic E-state index is 13.7. The Balaban J connectivity index is 1.25. The zero-order chi connectivity index (χ0) is 20.7. The van der Waals surface area contributed by atoms with Crippen LogP contribution in [0.25, 0.3) is 0 Å². The quantitative estimate of drug-likeness (QED) is 0.804. The van der Waals surface area contributed by atoms with Crippen molar-refractivity contribution in [2.24, 2.45) is 0 Å². The number of ether oxygens (including phenoxy) is 2. The minimum atomic E-state index is -0.524. The van der Waals surface area contributed by atoms with Gasteiger partial charge in [-0.3, -0.25) is 9.59 Å². The maximum Gasteiger partial charge on any atom is 0.251 e. The summed E-state index contributed by atoms with van der Waals surface area (Å²) in [6.07, 6.45) is 3.82. The molecule has 0 radical (unpaired) electrons. The number of carbonyl (C=O) groups is 2. The highest BCUT2D eigenvalue weighted by Gasteiger charge is 2.40. The molecule has 0 spiro atoms. The van der Waals surface area contributed by atoms with Crippen LogP contribution in [0.5, 0.6) is 11.5 Å². The van der Waals surface area contributed by atoms with Crippen LogP contribution in [0.1, 0.15) is 18.0 Å². The monoisotopic (exact) mass is 410 g/mol. The summed E-state index contributed by atoms with van der Waals surface area (Å²) in [4.78, 5) is 26.6. The third-order valence-corrected chi connectivity index (χ3v) is 5.34. The first-order chi connectivity index (χ1) is 14.6. The summed E-state index contributed by atoms with van der Waals surface area (Å²) < 4.78 is 24.5. The fourth-order valence-corrected chi connectivity index (χ4v) is 3.82. The molecule has 1 fully saturated rings. The van der Waals surface area contributed by atoms with E-state index in [4.69, 9.17) is 9.47 Å². The van der Waals surface area contributed by atoms with Crippen LogP contribution < -0.4 is 20.2 Å². The van der Waals surface area contributed by atoms with E-state index in [2.05, 4.69) is 10.7 Å². The zero-order valence-corrected chi connectivity index (χ0v) is 15.9. The Labute approximate surface area is 171 Å². The van der Waals surface area contributed by atoms with Crippen molar-refractivity contribution in [3.63, 3.8) is 0 Å². The molecule has 3 aliphatic rings. The van der Waals surface area contributed by atoms with E-state index in [9.17, 15) is 14.0 Å². The second-order valence-electron chi connectivity index (χ2n) is 7.25. The number of carbonyl (C=O) groups excluding carboxylic acids is 2. The number of rotatable bonds is 4. The summed E-state index contributed by atoms with van der Waals surface area (Å²) in [6.45, 7) is 0.0134. The van der Waals surface area contributed by atoms with Gasteiger partial charge in [0.25, 0.3) is 5.91 Å². The molecule has 3 aliphatic heterocycles.